The Morgan fingerprint density at radius 1 is 1.27 bits per heavy atom. The van der Waals surface area contributed by atoms with E-state index in [1.54, 1.807) is 26.1 Å². The number of para-hydroxylation sites is 1. The first kappa shape index (κ1) is 15.0. The van der Waals surface area contributed by atoms with Crippen molar-refractivity contribution >= 4 is 0 Å². The lowest BCUT2D eigenvalue weighted by molar-refractivity contribution is -0.0499. The third kappa shape index (κ3) is 2.49. The second kappa shape index (κ2) is 5.71. The lowest BCUT2D eigenvalue weighted by Gasteiger charge is -2.31. The second-order valence-electron chi connectivity index (χ2n) is 5.89. The minimum atomic E-state index is -1.09. The van der Waals surface area contributed by atoms with Crippen molar-refractivity contribution in [2.45, 2.75) is 25.0 Å². The van der Waals surface area contributed by atoms with Gasteiger partial charge in [-0.05, 0) is 36.7 Å². The number of halogens is 1. The molecule has 0 aliphatic heterocycles. The van der Waals surface area contributed by atoms with Gasteiger partial charge in [-0.2, -0.15) is 0 Å². The number of benzene rings is 2. The molecular formula is C18H20FNO2. The zero-order chi connectivity index (χ0) is 15.7. The fourth-order valence-corrected chi connectivity index (χ4v) is 3.18. The first-order chi connectivity index (χ1) is 10.5. The van der Waals surface area contributed by atoms with Crippen molar-refractivity contribution in [2.75, 3.05) is 13.6 Å². The fraction of sp³-hybridized carbons (Fsp3) is 0.333. The highest BCUT2D eigenvalue weighted by atomic mass is 19.1. The van der Waals surface area contributed by atoms with Crippen molar-refractivity contribution in [3.05, 3.63) is 65.0 Å². The number of aliphatic hydroxyl groups is 1. The number of nitrogens with one attached hydrogen (secondary N) is 1. The molecule has 1 aliphatic rings. The van der Waals surface area contributed by atoms with Gasteiger partial charge in [0.05, 0.1) is 0 Å². The minimum Gasteiger partial charge on any atom is -0.479 e. The van der Waals surface area contributed by atoms with Crippen LogP contribution >= 0.6 is 0 Å². The van der Waals surface area contributed by atoms with Crippen LogP contribution in [-0.2, 0) is 6.42 Å². The Morgan fingerprint density at radius 2 is 2.05 bits per heavy atom. The molecule has 22 heavy (non-hydrogen) atoms. The van der Waals surface area contributed by atoms with E-state index in [9.17, 15) is 9.50 Å². The Bertz CT molecular complexity index is 668. The maximum atomic E-state index is 14.1. The van der Waals surface area contributed by atoms with Gasteiger partial charge in [0.25, 0.3) is 0 Å². The third-order valence-electron chi connectivity index (χ3n) is 4.20. The molecule has 2 atom stereocenters. The fourth-order valence-electron chi connectivity index (χ4n) is 3.18. The van der Waals surface area contributed by atoms with Crippen molar-refractivity contribution in [1.82, 2.24) is 5.32 Å². The predicted molar refractivity (Wildman–Crippen MR) is 83.5 cm³/mol. The summed E-state index contributed by atoms with van der Waals surface area (Å²) in [7, 11) is 1.78. The summed E-state index contributed by atoms with van der Waals surface area (Å²) in [5.74, 6) is -0.199. The Morgan fingerprint density at radius 3 is 2.77 bits per heavy atom. The van der Waals surface area contributed by atoms with Crippen LogP contribution in [0.4, 0.5) is 4.39 Å². The van der Waals surface area contributed by atoms with Crippen molar-refractivity contribution in [1.29, 1.82) is 0 Å². The predicted octanol–water partition coefficient (Wildman–Crippen LogP) is 2.76. The highest BCUT2D eigenvalue weighted by Gasteiger charge is 2.46. The molecule has 116 valence electrons. The van der Waals surface area contributed by atoms with Crippen LogP contribution in [-0.4, -0.2) is 24.3 Å². The molecule has 0 saturated carbocycles. The number of hydrogen-bond acceptors (Lipinski definition) is 3. The summed E-state index contributed by atoms with van der Waals surface area (Å²) >= 11 is 0. The topological polar surface area (TPSA) is 41.5 Å². The Labute approximate surface area is 129 Å². The van der Waals surface area contributed by atoms with Gasteiger partial charge in [0.15, 0.2) is 17.7 Å². The first-order valence-electron chi connectivity index (χ1n) is 7.42. The SMILES string of the molecule is CNCC1(O)Cc2ccccc2C1Oc1c(C)cccc1F. The van der Waals surface area contributed by atoms with E-state index in [0.29, 0.717) is 13.0 Å². The van der Waals surface area contributed by atoms with Gasteiger partial charge in [-0.3, -0.25) is 0 Å². The van der Waals surface area contributed by atoms with E-state index in [-0.39, 0.29) is 5.75 Å². The average Bonchev–Trinajstić information content (AvgIpc) is 2.75. The molecule has 0 amide bonds. The summed E-state index contributed by atoms with van der Waals surface area (Å²) in [6.45, 7) is 2.18. The number of aryl methyl sites for hydroxylation is 1. The molecule has 2 aromatic rings. The summed E-state index contributed by atoms with van der Waals surface area (Å²) < 4.78 is 20.1. The van der Waals surface area contributed by atoms with Crippen LogP contribution in [0, 0.1) is 12.7 Å². The standard InChI is InChI=1S/C18H20FNO2/c1-12-6-5-9-15(19)16(12)22-17-14-8-4-3-7-13(14)10-18(17,21)11-20-2/h3-9,17,20-21H,10-11H2,1-2H3. The molecule has 1 aliphatic carbocycles. The summed E-state index contributed by atoms with van der Waals surface area (Å²) in [4.78, 5) is 0. The molecule has 0 heterocycles. The van der Waals surface area contributed by atoms with E-state index in [2.05, 4.69) is 5.32 Å². The van der Waals surface area contributed by atoms with Gasteiger partial charge in [0.1, 0.15) is 5.60 Å². The molecule has 3 rings (SSSR count). The van der Waals surface area contributed by atoms with Gasteiger partial charge >= 0.3 is 0 Å². The summed E-state index contributed by atoms with van der Waals surface area (Å²) in [5, 5.41) is 14.0. The molecule has 0 radical (unpaired) electrons. The molecule has 0 bridgehead atoms. The number of hydrogen-bond donors (Lipinski definition) is 2. The second-order valence-corrected chi connectivity index (χ2v) is 5.89. The van der Waals surface area contributed by atoms with Gasteiger partial charge in [0, 0.05) is 13.0 Å². The third-order valence-corrected chi connectivity index (χ3v) is 4.20. The first-order valence-corrected chi connectivity index (χ1v) is 7.42. The number of ether oxygens (including phenoxy) is 1. The van der Waals surface area contributed by atoms with Crippen molar-refractivity contribution in [3.8, 4) is 5.75 Å². The van der Waals surface area contributed by atoms with Gasteiger partial charge in [0.2, 0.25) is 0 Å². The Kier molecular flexibility index (Phi) is 3.89. The molecule has 0 aromatic heterocycles. The maximum Gasteiger partial charge on any atom is 0.165 e. The quantitative estimate of drug-likeness (QED) is 0.912. The van der Waals surface area contributed by atoms with E-state index < -0.39 is 17.5 Å². The largest absolute Gasteiger partial charge is 0.479 e. The van der Waals surface area contributed by atoms with Crippen LogP contribution in [0.3, 0.4) is 0 Å². The van der Waals surface area contributed by atoms with Crippen molar-refractivity contribution in [2.24, 2.45) is 0 Å². The molecule has 0 saturated heterocycles. The van der Waals surface area contributed by atoms with E-state index in [1.807, 2.05) is 24.3 Å². The summed E-state index contributed by atoms with van der Waals surface area (Å²) in [5.41, 5.74) is 1.59. The van der Waals surface area contributed by atoms with E-state index in [0.717, 1.165) is 16.7 Å². The van der Waals surface area contributed by atoms with Crippen molar-refractivity contribution in [3.63, 3.8) is 0 Å². The molecule has 2 unspecified atom stereocenters. The molecule has 2 aromatic carbocycles. The minimum absolute atomic E-state index is 0.207. The van der Waals surface area contributed by atoms with Gasteiger partial charge in [-0.25, -0.2) is 4.39 Å². The van der Waals surface area contributed by atoms with E-state index in [4.69, 9.17) is 4.74 Å². The van der Waals surface area contributed by atoms with Gasteiger partial charge in [-0.1, -0.05) is 36.4 Å². The Balaban J connectivity index is 2.02. The molecule has 0 spiro atoms. The lowest BCUT2D eigenvalue weighted by Crippen LogP contribution is -2.45. The van der Waals surface area contributed by atoms with Crippen molar-refractivity contribution < 1.29 is 14.2 Å². The number of fused-ring (bicyclic) bond motifs is 1. The maximum absolute atomic E-state index is 14.1. The normalized spacial score (nSPS) is 23.4. The molecule has 2 N–H and O–H groups in total. The lowest BCUT2D eigenvalue weighted by atomic mass is 9.97. The average molecular weight is 301 g/mol. The smallest absolute Gasteiger partial charge is 0.165 e. The van der Waals surface area contributed by atoms with Crippen LogP contribution in [0.5, 0.6) is 5.75 Å². The van der Waals surface area contributed by atoms with Crippen LogP contribution in [0.25, 0.3) is 0 Å². The van der Waals surface area contributed by atoms with Crippen LogP contribution in [0.15, 0.2) is 42.5 Å². The highest BCUT2D eigenvalue weighted by molar-refractivity contribution is 5.41. The summed E-state index contributed by atoms with van der Waals surface area (Å²) in [6, 6.07) is 12.6. The molecule has 3 nitrogen and oxygen atoms in total. The number of rotatable bonds is 4. The molecule has 4 heteroatoms. The van der Waals surface area contributed by atoms with E-state index >= 15 is 0 Å². The van der Waals surface area contributed by atoms with Gasteiger partial charge < -0.3 is 15.2 Å². The monoisotopic (exact) mass is 301 g/mol. The highest BCUT2D eigenvalue weighted by Crippen LogP contribution is 2.43. The zero-order valence-corrected chi connectivity index (χ0v) is 12.8. The van der Waals surface area contributed by atoms with Gasteiger partial charge in [-0.15, -0.1) is 0 Å². The van der Waals surface area contributed by atoms with E-state index in [1.165, 1.54) is 6.07 Å². The number of likely N-dealkylation sites (N-methyl/N-ethyl adjacent to an activating group) is 1. The zero-order valence-electron chi connectivity index (χ0n) is 12.8. The van der Waals surface area contributed by atoms with Crippen LogP contribution in [0.2, 0.25) is 0 Å². The van der Waals surface area contributed by atoms with Crippen LogP contribution in [0.1, 0.15) is 22.8 Å². The molecule has 0 fully saturated rings. The Hall–Kier alpha value is -1.91. The van der Waals surface area contributed by atoms with Crippen LogP contribution < -0.4 is 10.1 Å². The molecular weight excluding hydrogens is 281 g/mol. The summed E-state index contributed by atoms with van der Waals surface area (Å²) in [6.07, 6.45) is -0.103.